The average Bonchev–Trinajstić information content (AvgIpc) is 2.48. The Bertz CT molecular complexity index is 368. The van der Waals surface area contributed by atoms with Crippen molar-refractivity contribution in [1.82, 2.24) is 4.98 Å². The van der Waals surface area contributed by atoms with E-state index in [9.17, 15) is 18.0 Å². The fourth-order valence-corrected chi connectivity index (χ4v) is 1.41. The molecule has 1 heterocycles. The first-order valence-electron chi connectivity index (χ1n) is 3.86. The molecule has 4 nitrogen and oxygen atoms in total. The van der Waals surface area contributed by atoms with Crippen molar-refractivity contribution in [2.75, 3.05) is 5.32 Å². The molecule has 1 atom stereocenters. The standard InChI is InChI=1S/C7H8F3N3OS.ClH/c1-3-2-12-6(15-3)13-5(14)4(11)7(8,9)10;/h2,4H,11H2,1H3,(H,12,13,14);1H. The minimum Gasteiger partial charge on any atom is -0.312 e. The molecule has 0 spiro atoms. The molecule has 0 aliphatic heterocycles. The summed E-state index contributed by atoms with van der Waals surface area (Å²) < 4.78 is 36.0. The minimum absolute atomic E-state index is 0. The molecule has 16 heavy (non-hydrogen) atoms. The van der Waals surface area contributed by atoms with Crippen LogP contribution in [0.5, 0.6) is 0 Å². The molecule has 1 unspecified atom stereocenters. The van der Waals surface area contributed by atoms with Crippen LogP contribution in [0.3, 0.4) is 0 Å². The molecule has 0 aliphatic rings. The van der Waals surface area contributed by atoms with Crippen LogP contribution in [0.2, 0.25) is 0 Å². The average molecular weight is 276 g/mol. The maximum Gasteiger partial charge on any atom is 0.412 e. The van der Waals surface area contributed by atoms with E-state index >= 15 is 0 Å². The zero-order chi connectivity index (χ0) is 11.6. The molecular weight excluding hydrogens is 267 g/mol. The van der Waals surface area contributed by atoms with Crippen LogP contribution in [-0.4, -0.2) is 23.1 Å². The number of rotatable bonds is 2. The van der Waals surface area contributed by atoms with E-state index in [4.69, 9.17) is 0 Å². The highest BCUT2D eigenvalue weighted by atomic mass is 35.5. The third-order valence-corrected chi connectivity index (χ3v) is 2.31. The number of aryl methyl sites for hydroxylation is 1. The number of nitrogens with one attached hydrogen (secondary N) is 1. The lowest BCUT2D eigenvalue weighted by atomic mass is 10.3. The SMILES string of the molecule is Cc1cnc(NC(=O)C(N)C(F)(F)F)s1.Cl. The predicted octanol–water partition coefficient (Wildman–Crippen LogP) is 1.70. The van der Waals surface area contributed by atoms with Crippen LogP contribution in [0.4, 0.5) is 18.3 Å². The van der Waals surface area contributed by atoms with Gasteiger partial charge in [0.15, 0.2) is 11.2 Å². The fraction of sp³-hybridized carbons (Fsp3) is 0.429. The van der Waals surface area contributed by atoms with Crippen LogP contribution in [0.25, 0.3) is 0 Å². The zero-order valence-electron chi connectivity index (χ0n) is 8.04. The van der Waals surface area contributed by atoms with Crippen LogP contribution < -0.4 is 11.1 Å². The number of alkyl halides is 3. The molecule has 1 aromatic heterocycles. The maximum absolute atomic E-state index is 12.0. The van der Waals surface area contributed by atoms with Gasteiger partial charge in [0, 0.05) is 11.1 Å². The number of thiazole rings is 1. The van der Waals surface area contributed by atoms with Crippen molar-refractivity contribution in [2.45, 2.75) is 19.1 Å². The van der Waals surface area contributed by atoms with E-state index < -0.39 is 18.1 Å². The summed E-state index contributed by atoms with van der Waals surface area (Å²) >= 11 is 1.08. The Morgan fingerprint density at radius 3 is 2.56 bits per heavy atom. The number of amides is 1. The Morgan fingerprint density at radius 1 is 1.62 bits per heavy atom. The van der Waals surface area contributed by atoms with E-state index in [0.717, 1.165) is 16.2 Å². The molecule has 0 radical (unpaired) electrons. The highest BCUT2D eigenvalue weighted by Gasteiger charge is 2.42. The molecule has 1 amide bonds. The third-order valence-electron chi connectivity index (χ3n) is 1.49. The van der Waals surface area contributed by atoms with E-state index in [-0.39, 0.29) is 17.5 Å². The molecule has 0 aromatic carbocycles. The molecule has 9 heteroatoms. The van der Waals surface area contributed by atoms with Crippen molar-refractivity contribution in [2.24, 2.45) is 5.73 Å². The summed E-state index contributed by atoms with van der Waals surface area (Å²) in [5, 5.41) is 2.10. The lowest BCUT2D eigenvalue weighted by molar-refractivity contribution is -0.159. The number of aromatic nitrogens is 1. The molecule has 0 aliphatic carbocycles. The minimum atomic E-state index is -4.74. The van der Waals surface area contributed by atoms with Gasteiger partial charge in [-0.1, -0.05) is 0 Å². The summed E-state index contributed by atoms with van der Waals surface area (Å²) in [6, 6.07) is -2.53. The molecule has 1 aromatic rings. The Balaban J connectivity index is 0.00000225. The van der Waals surface area contributed by atoms with Crippen LogP contribution in [0.1, 0.15) is 4.88 Å². The number of nitrogens with two attached hydrogens (primary N) is 1. The lowest BCUT2D eigenvalue weighted by Gasteiger charge is -2.13. The Labute approximate surface area is 99.5 Å². The molecule has 3 N–H and O–H groups in total. The summed E-state index contributed by atoms with van der Waals surface area (Å²) in [6.45, 7) is 1.72. The van der Waals surface area contributed by atoms with Gasteiger partial charge in [-0.2, -0.15) is 13.2 Å². The van der Waals surface area contributed by atoms with Gasteiger partial charge in [0.1, 0.15) is 0 Å². The number of carbonyl (C=O) groups is 1. The van der Waals surface area contributed by atoms with E-state index in [2.05, 4.69) is 10.7 Å². The van der Waals surface area contributed by atoms with E-state index in [1.54, 1.807) is 6.92 Å². The monoisotopic (exact) mass is 275 g/mol. The van der Waals surface area contributed by atoms with Crippen molar-refractivity contribution >= 4 is 34.8 Å². The summed E-state index contributed by atoms with van der Waals surface area (Å²) in [6.07, 6.45) is -3.30. The Hall–Kier alpha value is -0.860. The van der Waals surface area contributed by atoms with Gasteiger partial charge in [-0.05, 0) is 6.92 Å². The zero-order valence-corrected chi connectivity index (χ0v) is 9.67. The van der Waals surface area contributed by atoms with E-state index in [1.165, 1.54) is 6.20 Å². The molecule has 92 valence electrons. The van der Waals surface area contributed by atoms with Crippen molar-refractivity contribution in [3.05, 3.63) is 11.1 Å². The van der Waals surface area contributed by atoms with Crippen LogP contribution in [0, 0.1) is 6.92 Å². The first kappa shape index (κ1) is 15.1. The topological polar surface area (TPSA) is 68.0 Å². The highest BCUT2D eigenvalue weighted by molar-refractivity contribution is 7.15. The second-order valence-electron chi connectivity index (χ2n) is 2.78. The van der Waals surface area contributed by atoms with Gasteiger partial charge in [-0.15, -0.1) is 23.7 Å². The maximum atomic E-state index is 12.0. The number of hydrogen-bond acceptors (Lipinski definition) is 4. The highest BCUT2D eigenvalue weighted by Crippen LogP contribution is 2.21. The van der Waals surface area contributed by atoms with Gasteiger partial charge in [-0.25, -0.2) is 4.98 Å². The van der Waals surface area contributed by atoms with Gasteiger partial charge in [0.25, 0.3) is 5.91 Å². The summed E-state index contributed by atoms with van der Waals surface area (Å²) in [5.74, 6) is -1.31. The Kier molecular flexibility index (Phi) is 5.17. The lowest BCUT2D eigenvalue weighted by Crippen LogP contribution is -2.47. The van der Waals surface area contributed by atoms with Gasteiger partial charge in [0.2, 0.25) is 0 Å². The second-order valence-corrected chi connectivity index (χ2v) is 4.02. The van der Waals surface area contributed by atoms with Crippen LogP contribution in [0.15, 0.2) is 6.20 Å². The third kappa shape index (κ3) is 3.95. The van der Waals surface area contributed by atoms with Crippen molar-refractivity contribution in [3.8, 4) is 0 Å². The second kappa shape index (κ2) is 5.46. The number of hydrogen-bond donors (Lipinski definition) is 2. The van der Waals surface area contributed by atoms with Crippen molar-refractivity contribution in [1.29, 1.82) is 0 Å². The number of halogens is 4. The first-order valence-corrected chi connectivity index (χ1v) is 4.68. The molecular formula is C7H9ClF3N3OS. The molecule has 1 rings (SSSR count). The fourth-order valence-electron chi connectivity index (χ4n) is 0.744. The van der Waals surface area contributed by atoms with Gasteiger partial charge >= 0.3 is 6.18 Å². The quantitative estimate of drug-likeness (QED) is 0.863. The van der Waals surface area contributed by atoms with Crippen LogP contribution in [-0.2, 0) is 4.79 Å². The summed E-state index contributed by atoms with van der Waals surface area (Å²) in [7, 11) is 0. The summed E-state index contributed by atoms with van der Waals surface area (Å²) in [4.78, 5) is 15.4. The van der Waals surface area contributed by atoms with E-state index in [0.29, 0.717) is 0 Å². The predicted molar refractivity (Wildman–Crippen MR) is 56.8 cm³/mol. The van der Waals surface area contributed by atoms with Crippen molar-refractivity contribution in [3.63, 3.8) is 0 Å². The molecule has 0 fully saturated rings. The van der Waals surface area contributed by atoms with Gasteiger partial charge in [0.05, 0.1) is 0 Å². The van der Waals surface area contributed by atoms with Crippen LogP contribution >= 0.6 is 23.7 Å². The Morgan fingerprint density at radius 2 is 2.19 bits per heavy atom. The number of nitrogens with zero attached hydrogens (tertiary/aromatic N) is 1. The normalized spacial score (nSPS) is 12.8. The number of anilines is 1. The largest absolute Gasteiger partial charge is 0.412 e. The number of carbonyl (C=O) groups excluding carboxylic acids is 1. The van der Waals surface area contributed by atoms with Crippen molar-refractivity contribution < 1.29 is 18.0 Å². The first-order chi connectivity index (χ1) is 6.80. The smallest absolute Gasteiger partial charge is 0.312 e. The van der Waals surface area contributed by atoms with E-state index in [1.807, 2.05) is 5.32 Å². The summed E-state index contributed by atoms with van der Waals surface area (Å²) in [5.41, 5.74) is 4.69. The molecule has 0 saturated heterocycles. The molecule has 0 saturated carbocycles. The molecule has 0 bridgehead atoms. The van der Waals surface area contributed by atoms with Gasteiger partial charge in [-0.3, -0.25) is 4.79 Å². The van der Waals surface area contributed by atoms with Gasteiger partial charge < -0.3 is 11.1 Å².